The summed E-state index contributed by atoms with van der Waals surface area (Å²) in [5.41, 5.74) is 1.29. The predicted octanol–water partition coefficient (Wildman–Crippen LogP) is 1.17. The minimum Gasteiger partial charge on any atom is -0.507 e. The van der Waals surface area contributed by atoms with Crippen LogP contribution in [-0.2, 0) is 9.47 Å². The Morgan fingerprint density at radius 3 is 2.82 bits per heavy atom. The largest absolute Gasteiger partial charge is 0.507 e. The van der Waals surface area contributed by atoms with Crippen LogP contribution in [0, 0.1) is 11.3 Å². The number of methoxy groups -OCH3 is 2. The maximum Gasteiger partial charge on any atom is 0.216 e. The molecule has 1 aromatic carbocycles. The van der Waals surface area contributed by atoms with Gasteiger partial charge < -0.3 is 19.9 Å². The van der Waals surface area contributed by atoms with Gasteiger partial charge in [-0.3, -0.25) is 0 Å². The van der Waals surface area contributed by atoms with Gasteiger partial charge in [-0.1, -0.05) is 0 Å². The van der Waals surface area contributed by atoms with E-state index in [1.165, 1.54) is 26.5 Å². The van der Waals surface area contributed by atoms with Gasteiger partial charge in [0.2, 0.25) is 5.82 Å². The Balaban J connectivity index is 2.23. The van der Waals surface area contributed by atoms with E-state index in [4.69, 9.17) is 14.7 Å². The number of nitrogens with zero attached hydrogens (tertiary/aromatic N) is 4. The van der Waals surface area contributed by atoms with Gasteiger partial charge in [0, 0.05) is 26.1 Å². The molecule has 0 saturated heterocycles. The molecule has 3 N–H and O–H groups in total. The topological polar surface area (TPSA) is 129 Å². The van der Waals surface area contributed by atoms with Crippen LogP contribution in [0.1, 0.15) is 17.7 Å². The average Bonchev–Trinajstić information content (AvgIpc) is 3.06. The first-order valence-corrected chi connectivity index (χ1v) is 6.18. The summed E-state index contributed by atoms with van der Waals surface area (Å²) < 4.78 is 10.2. The Hall–Kier alpha value is -2.96. The van der Waals surface area contributed by atoms with E-state index in [-0.39, 0.29) is 17.1 Å². The Bertz CT molecular complexity index is 688. The number of phenolic OH excluding ortho intramolecular Hbond substituents is 1. The van der Waals surface area contributed by atoms with Gasteiger partial charge in [-0.15, -0.1) is 10.2 Å². The van der Waals surface area contributed by atoms with Crippen LogP contribution in [0.2, 0.25) is 0 Å². The van der Waals surface area contributed by atoms with E-state index in [9.17, 15) is 5.11 Å². The van der Waals surface area contributed by atoms with Crippen LogP contribution in [-0.4, -0.2) is 40.0 Å². The molecule has 0 spiro atoms. The van der Waals surface area contributed by atoms with E-state index in [1.807, 2.05) is 6.07 Å². The van der Waals surface area contributed by atoms with Crippen LogP contribution < -0.4 is 5.32 Å². The van der Waals surface area contributed by atoms with Crippen LogP contribution in [0.3, 0.4) is 0 Å². The molecule has 0 unspecified atom stereocenters. The molecule has 0 bridgehead atoms. The molecule has 22 heavy (non-hydrogen) atoms. The predicted molar refractivity (Wildman–Crippen MR) is 76.3 cm³/mol. The van der Waals surface area contributed by atoms with Crippen molar-refractivity contribution < 1.29 is 14.6 Å². The third-order valence-electron chi connectivity index (χ3n) is 2.80. The first-order chi connectivity index (χ1) is 10.7. The Morgan fingerprint density at radius 1 is 1.45 bits per heavy atom. The normalized spacial score (nSPS) is 11.5. The quantitative estimate of drug-likeness (QED) is 0.412. The highest BCUT2D eigenvalue weighted by Crippen LogP contribution is 2.29. The highest BCUT2D eigenvalue weighted by atomic mass is 16.7. The number of aromatic amines is 1. The summed E-state index contributed by atoms with van der Waals surface area (Å²) in [5, 5.41) is 35.0. The van der Waals surface area contributed by atoms with Crippen molar-refractivity contribution in [2.24, 2.45) is 0 Å². The zero-order valence-corrected chi connectivity index (χ0v) is 11.9. The minimum atomic E-state index is -0.696. The number of aromatic hydroxyl groups is 1. The van der Waals surface area contributed by atoms with Crippen molar-refractivity contribution in [3.8, 4) is 11.8 Å². The molecule has 114 valence electrons. The van der Waals surface area contributed by atoms with Gasteiger partial charge in [0.05, 0.1) is 5.56 Å². The SMILES string of the molecule is COC(OC)c1cc(NC=C(C#N)c2nn[nH]n2)ccc1O. The van der Waals surface area contributed by atoms with Crippen LogP contribution in [0.5, 0.6) is 5.75 Å². The number of tetrazole rings is 1. The molecule has 2 aromatic rings. The molecule has 0 aliphatic carbocycles. The Kier molecular flexibility index (Phi) is 5.02. The van der Waals surface area contributed by atoms with Crippen LogP contribution in [0.25, 0.3) is 5.57 Å². The Labute approximate surface area is 126 Å². The minimum absolute atomic E-state index is 0.0434. The summed E-state index contributed by atoms with van der Waals surface area (Å²) in [6, 6.07) is 6.75. The molecule has 0 aliphatic rings. The number of ether oxygens (including phenoxy) is 2. The second kappa shape index (κ2) is 7.16. The number of nitrogens with one attached hydrogen (secondary N) is 2. The number of benzene rings is 1. The maximum absolute atomic E-state index is 9.85. The molecule has 9 nitrogen and oxygen atoms in total. The molecule has 0 radical (unpaired) electrons. The molecule has 9 heteroatoms. The van der Waals surface area contributed by atoms with Gasteiger partial charge in [0.25, 0.3) is 0 Å². The van der Waals surface area contributed by atoms with Gasteiger partial charge in [-0.05, 0) is 23.4 Å². The molecule has 0 saturated carbocycles. The third-order valence-corrected chi connectivity index (χ3v) is 2.80. The van der Waals surface area contributed by atoms with Crippen molar-refractivity contribution in [3.63, 3.8) is 0 Å². The lowest BCUT2D eigenvalue weighted by molar-refractivity contribution is -0.106. The first-order valence-electron chi connectivity index (χ1n) is 6.18. The van der Waals surface area contributed by atoms with E-state index in [0.717, 1.165) is 0 Å². The van der Waals surface area contributed by atoms with Crippen LogP contribution in [0.4, 0.5) is 5.69 Å². The molecule has 0 atom stereocenters. The lowest BCUT2D eigenvalue weighted by Crippen LogP contribution is -2.04. The number of aromatic nitrogens is 4. The third kappa shape index (κ3) is 3.38. The number of H-pyrrole nitrogens is 1. The molecule has 2 rings (SSSR count). The smallest absolute Gasteiger partial charge is 0.216 e. The molecule has 0 aliphatic heterocycles. The van der Waals surface area contributed by atoms with Gasteiger partial charge >= 0.3 is 0 Å². The van der Waals surface area contributed by atoms with E-state index in [2.05, 4.69) is 25.9 Å². The highest BCUT2D eigenvalue weighted by molar-refractivity contribution is 5.74. The summed E-state index contributed by atoms with van der Waals surface area (Å²) in [6.45, 7) is 0. The fourth-order valence-electron chi connectivity index (χ4n) is 1.76. The van der Waals surface area contributed by atoms with Crippen molar-refractivity contribution >= 4 is 11.3 Å². The van der Waals surface area contributed by atoms with Crippen molar-refractivity contribution in [3.05, 3.63) is 35.8 Å². The summed E-state index contributed by atoms with van der Waals surface area (Å²) in [6.07, 6.45) is 0.744. The van der Waals surface area contributed by atoms with Crippen molar-refractivity contribution in [1.29, 1.82) is 5.26 Å². The van der Waals surface area contributed by atoms with Crippen LogP contribution in [0.15, 0.2) is 24.4 Å². The summed E-state index contributed by atoms with van der Waals surface area (Å²) >= 11 is 0. The van der Waals surface area contributed by atoms with Crippen molar-refractivity contribution in [1.82, 2.24) is 20.6 Å². The van der Waals surface area contributed by atoms with E-state index in [0.29, 0.717) is 11.3 Å². The second-order valence-corrected chi connectivity index (χ2v) is 4.13. The summed E-state index contributed by atoms with van der Waals surface area (Å²) in [5.74, 6) is 0.225. The standard InChI is InChI=1S/C13H14N6O3/c1-21-13(22-2)10-5-9(3-4-11(10)20)15-7-8(6-14)12-16-18-19-17-12/h3-5,7,13,15,20H,1-2H3,(H,16,17,18,19). The molecule has 1 heterocycles. The molecule has 1 aromatic heterocycles. The van der Waals surface area contributed by atoms with Gasteiger partial charge in [0.1, 0.15) is 17.4 Å². The van der Waals surface area contributed by atoms with E-state index >= 15 is 0 Å². The number of hydrogen-bond donors (Lipinski definition) is 3. The summed E-state index contributed by atoms with van der Waals surface area (Å²) in [7, 11) is 2.94. The van der Waals surface area contributed by atoms with E-state index in [1.54, 1.807) is 12.1 Å². The van der Waals surface area contributed by atoms with Gasteiger partial charge in [-0.2, -0.15) is 10.5 Å². The van der Waals surface area contributed by atoms with E-state index < -0.39 is 6.29 Å². The number of hydrogen-bond acceptors (Lipinski definition) is 8. The van der Waals surface area contributed by atoms with Gasteiger partial charge in [-0.25, -0.2) is 0 Å². The molecule has 0 fully saturated rings. The fourth-order valence-corrected chi connectivity index (χ4v) is 1.76. The van der Waals surface area contributed by atoms with Crippen molar-refractivity contribution in [2.45, 2.75) is 6.29 Å². The molecular weight excluding hydrogens is 288 g/mol. The zero-order valence-electron chi connectivity index (χ0n) is 11.9. The number of allylic oxidation sites excluding steroid dienone is 1. The average molecular weight is 302 g/mol. The first kappa shape index (κ1) is 15.4. The fraction of sp³-hybridized carbons (Fsp3) is 0.231. The van der Waals surface area contributed by atoms with Crippen LogP contribution >= 0.6 is 0 Å². The molecule has 0 amide bonds. The second-order valence-electron chi connectivity index (χ2n) is 4.13. The monoisotopic (exact) mass is 302 g/mol. The number of nitriles is 1. The highest BCUT2D eigenvalue weighted by Gasteiger charge is 2.14. The summed E-state index contributed by atoms with van der Waals surface area (Å²) in [4.78, 5) is 0. The number of anilines is 1. The van der Waals surface area contributed by atoms with Crippen molar-refractivity contribution in [2.75, 3.05) is 19.5 Å². The number of rotatable bonds is 6. The lowest BCUT2D eigenvalue weighted by atomic mass is 10.1. The number of phenols is 1. The zero-order chi connectivity index (χ0) is 15.9. The Morgan fingerprint density at radius 2 is 2.23 bits per heavy atom. The lowest BCUT2D eigenvalue weighted by Gasteiger charge is -2.16. The van der Waals surface area contributed by atoms with Gasteiger partial charge in [0.15, 0.2) is 6.29 Å². The maximum atomic E-state index is 9.85. The molecular formula is C13H14N6O3.